The standard InChI is InChI=1S/C14H10FO2.Rb/c1-10-7-8-12(9-13(10)15)17-14(16)11-5-3-2-4-6-11;/h3-9H,1H3;/q-1;+1. The van der Waals surface area contributed by atoms with Gasteiger partial charge in [0.1, 0.15) is 11.6 Å². The summed E-state index contributed by atoms with van der Waals surface area (Å²) in [6, 6.07) is 13.5. The van der Waals surface area contributed by atoms with Crippen molar-refractivity contribution >= 4 is 5.97 Å². The van der Waals surface area contributed by atoms with Crippen LogP contribution >= 0.6 is 0 Å². The molecule has 2 nitrogen and oxygen atoms in total. The molecule has 0 bridgehead atoms. The molecule has 2 aromatic carbocycles. The summed E-state index contributed by atoms with van der Waals surface area (Å²) in [7, 11) is 0. The Morgan fingerprint density at radius 3 is 2.50 bits per heavy atom. The largest absolute Gasteiger partial charge is 1.00 e. The van der Waals surface area contributed by atoms with E-state index in [2.05, 4.69) is 6.07 Å². The third-order valence-corrected chi connectivity index (χ3v) is 2.31. The molecule has 0 heterocycles. The van der Waals surface area contributed by atoms with Crippen molar-refractivity contribution < 1.29 is 72.1 Å². The number of hydrogen-bond donors (Lipinski definition) is 0. The molecule has 2 aromatic rings. The first-order chi connectivity index (χ1) is 8.16. The van der Waals surface area contributed by atoms with E-state index >= 15 is 0 Å². The average molecular weight is 315 g/mol. The molecular formula is C14H10FO2Rb. The minimum atomic E-state index is -0.512. The van der Waals surface area contributed by atoms with Gasteiger partial charge in [-0.15, -0.1) is 0 Å². The fourth-order valence-corrected chi connectivity index (χ4v) is 1.33. The predicted octanol–water partition coefficient (Wildman–Crippen LogP) is 0.158. The van der Waals surface area contributed by atoms with Crippen LogP contribution in [0.1, 0.15) is 15.9 Å². The summed E-state index contributed by atoms with van der Waals surface area (Å²) in [5.74, 6) is -0.704. The van der Waals surface area contributed by atoms with Gasteiger partial charge < -0.3 is 4.74 Å². The van der Waals surface area contributed by atoms with Crippen LogP contribution in [0.5, 0.6) is 5.75 Å². The molecule has 0 saturated carbocycles. The molecular weight excluding hydrogens is 305 g/mol. The first-order valence-corrected chi connectivity index (χ1v) is 5.11. The maximum absolute atomic E-state index is 13.2. The van der Waals surface area contributed by atoms with E-state index in [0.717, 1.165) is 0 Å². The number of carbonyl (C=O) groups is 1. The van der Waals surface area contributed by atoms with E-state index in [1.807, 2.05) is 0 Å². The van der Waals surface area contributed by atoms with Crippen LogP contribution in [0.4, 0.5) is 4.39 Å². The van der Waals surface area contributed by atoms with Crippen molar-refractivity contribution in [1.82, 2.24) is 0 Å². The molecule has 4 heteroatoms. The SMILES string of the molecule is Cc1ccc(OC(=O)c2cc[c-]cc2)cc1F.[Rb+]. The zero-order valence-corrected chi connectivity index (χ0v) is 15.2. The Kier molecular flexibility index (Phi) is 6.36. The zero-order chi connectivity index (χ0) is 12.3. The molecule has 0 aliphatic rings. The van der Waals surface area contributed by atoms with Gasteiger partial charge in [0.15, 0.2) is 0 Å². The summed E-state index contributed by atoms with van der Waals surface area (Å²) < 4.78 is 18.3. The number of benzene rings is 2. The second kappa shape index (κ2) is 7.29. The van der Waals surface area contributed by atoms with E-state index in [1.165, 1.54) is 6.07 Å². The Morgan fingerprint density at radius 1 is 1.22 bits per heavy atom. The Balaban J connectivity index is 0.00000162. The number of carbonyl (C=O) groups excluding carboxylic acids is 1. The van der Waals surface area contributed by atoms with E-state index in [1.54, 1.807) is 43.3 Å². The van der Waals surface area contributed by atoms with E-state index in [4.69, 9.17) is 4.74 Å². The quantitative estimate of drug-likeness (QED) is 0.448. The first-order valence-electron chi connectivity index (χ1n) is 5.11. The minimum Gasteiger partial charge on any atom is -0.424 e. The second-order valence-electron chi connectivity index (χ2n) is 3.59. The van der Waals surface area contributed by atoms with E-state index in [0.29, 0.717) is 11.1 Å². The molecule has 0 aromatic heterocycles. The summed E-state index contributed by atoms with van der Waals surface area (Å²) in [5, 5.41) is 0. The third-order valence-electron chi connectivity index (χ3n) is 2.31. The Bertz CT molecular complexity index is 541. The van der Waals surface area contributed by atoms with Gasteiger partial charge in [-0.3, -0.25) is 0 Å². The van der Waals surface area contributed by atoms with Crippen molar-refractivity contribution in [3.8, 4) is 5.75 Å². The van der Waals surface area contributed by atoms with Gasteiger partial charge in [-0.25, -0.2) is 9.18 Å². The molecule has 0 saturated heterocycles. The predicted molar refractivity (Wildman–Crippen MR) is 61.4 cm³/mol. The number of esters is 1. The fourth-order valence-electron chi connectivity index (χ4n) is 1.33. The smallest absolute Gasteiger partial charge is 0.424 e. The number of hydrogen-bond acceptors (Lipinski definition) is 2. The topological polar surface area (TPSA) is 26.3 Å². The van der Waals surface area contributed by atoms with Gasteiger partial charge in [0.2, 0.25) is 0 Å². The van der Waals surface area contributed by atoms with Crippen LogP contribution in [-0.2, 0) is 0 Å². The molecule has 0 amide bonds. The average Bonchev–Trinajstić information content (AvgIpc) is 2.35. The molecule has 0 radical (unpaired) electrons. The Hall–Kier alpha value is -0.355. The fraction of sp³-hybridized carbons (Fsp3) is 0.0714. The number of halogens is 1. The number of rotatable bonds is 2. The van der Waals surface area contributed by atoms with Crippen LogP contribution in [-0.4, -0.2) is 5.97 Å². The summed E-state index contributed by atoms with van der Waals surface area (Å²) in [4.78, 5) is 11.7. The van der Waals surface area contributed by atoms with Gasteiger partial charge >= 0.3 is 64.2 Å². The first kappa shape index (κ1) is 15.7. The monoisotopic (exact) mass is 314 g/mol. The van der Waals surface area contributed by atoms with Crippen LogP contribution in [0.15, 0.2) is 42.5 Å². The summed E-state index contributed by atoms with van der Waals surface area (Å²) >= 11 is 0. The normalized spacial score (nSPS) is 9.44. The molecule has 0 fully saturated rings. The number of aryl methyl sites for hydroxylation is 1. The molecule has 0 spiro atoms. The molecule has 0 N–H and O–H groups in total. The summed E-state index contributed by atoms with van der Waals surface area (Å²) in [5.41, 5.74) is 0.920. The van der Waals surface area contributed by atoms with Crippen molar-refractivity contribution in [2.75, 3.05) is 0 Å². The molecule has 0 atom stereocenters. The maximum Gasteiger partial charge on any atom is 1.00 e. The maximum atomic E-state index is 13.2. The van der Waals surface area contributed by atoms with Crippen molar-refractivity contribution in [2.24, 2.45) is 0 Å². The van der Waals surface area contributed by atoms with Gasteiger partial charge in [-0.2, -0.15) is 30.3 Å². The van der Waals surface area contributed by atoms with Gasteiger partial charge in [0.25, 0.3) is 0 Å². The van der Waals surface area contributed by atoms with E-state index < -0.39 is 11.8 Å². The number of ether oxygens (including phenoxy) is 1. The van der Waals surface area contributed by atoms with Gasteiger partial charge in [-0.05, 0) is 24.1 Å². The molecule has 86 valence electrons. The molecule has 2 rings (SSSR count). The van der Waals surface area contributed by atoms with Crippen molar-refractivity contribution in [3.63, 3.8) is 0 Å². The third kappa shape index (κ3) is 4.09. The van der Waals surface area contributed by atoms with E-state index in [9.17, 15) is 9.18 Å². The molecule has 0 aliphatic carbocycles. The Morgan fingerprint density at radius 2 is 1.89 bits per heavy atom. The molecule has 0 unspecified atom stereocenters. The van der Waals surface area contributed by atoms with Crippen LogP contribution in [0, 0.1) is 18.8 Å². The van der Waals surface area contributed by atoms with Crippen LogP contribution in [0.25, 0.3) is 0 Å². The summed E-state index contributed by atoms with van der Waals surface area (Å²) in [6.07, 6.45) is 0. The minimum absolute atomic E-state index is 0. The van der Waals surface area contributed by atoms with Crippen LogP contribution in [0.2, 0.25) is 0 Å². The van der Waals surface area contributed by atoms with Crippen LogP contribution in [0.3, 0.4) is 0 Å². The summed E-state index contributed by atoms with van der Waals surface area (Å²) in [6.45, 7) is 1.65. The molecule has 0 aliphatic heterocycles. The zero-order valence-electron chi connectivity index (χ0n) is 10.2. The van der Waals surface area contributed by atoms with Crippen molar-refractivity contribution in [1.29, 1.82) is 0 Å². The van der Waals surface area contributed by atoms with E-state index in [-0.39, 0.29) is 63.9 Å². The van der Waals surface area contributed by atoms with Gasteiger partial charge in [0.05, 0.1) is 0 Å². The Labute approximate surface area is 154 Å². The second-order valence-corrected chi connectivity index (χ2v) is 3.59. The van der Waals surface area contributed by atoms with Crippen molar-refractivity contribution in [3.05, 3.63) is 65.5 Å². The van der Waals surface area contributed by atoms with Crippen LogP contribution < -0.4 is 62.9 Å². The van der Waals surface area contributed by atoms with Gasteiger partial charge in [0, 0.05) is 6.07 Å². The van der Waals surface area contributed by atoms with Gasteiger partial charge in [-0.1, -0.05) is 6.07 Å². The molecule has 18 heavy (non-hydrogen) atoms. The van der Waals surface area contributed by atoms with Crippen molar-refractivity contribution in [2.45, 2.75) is 6.92 Å².